The first kappa shape index (κ1) is 17.7. The van der Waals surface area contributed by atoms with Crippen molar-refractivity contribution in [2.24, 2.45) is 0 Å². The summed E-state index contributed by atoms with van der Waals surface area (Å²) in [5.41, 5.74) is 4.41. The van der Waals surface area contributed by atoms with Gasteiger partial charge in [-0.2, -0.15) is 0 Å². The van der Waals surface area contributed by atoms with E-state index in [1.54, 1.807) is 0 Å². The highest BCUT2D eigenvalue weighted by atomic mass is 16.5. The van der Waals surface area contributed by atoms with Crippen LogP contribution in [0.5, 0.6) is 5.75 Å². The highest BCUT2D eigenvalue weighted by Gasteiger charge is 2.43. The lowest BCUT2D eigenvalue weighted by Crippen LogP contribution is -2.55. The summed E-state index contributed by atoms with van der Waals surface area (Å²) < 4.78 is 12.0. The summed E-state index contributed by atoms with van der Waals surface area (Å²) in [6, 6.07) is 2.20. The number of hydrogen-bond donors (Lipinski definition) is 3. The number of rotatable bonds is 2. The van der Waals surface area contributed by atoms with Crippen molar-refractivity contribution in [1.82, 2.24) is 0 Å². The highest BCUT2D eigenvalue weighted by Crippen LogP contribution is 2.41. The molecule has 1 unspecified atom stereocenters. The molecule has 5 heteroatoms. The predicted molar refractivity (Wildman–Crippen MR) is 90.4 cm³/mol. The van der Waals surface area contributed by atoms with Crippen LogP contribution in [0.15, 0.2) is 6.07 Å². The van der Waals surface area contributed by atoms with Crippen LogP contribution in [0.2, 0.25) is 0 Å². The molecule has 2 aliphatic heterocycles. The molecule has 0 amide bonds. The maximum atomic E-state index is 10.2. The topological polar surface area (TPSA) is 79.2 Å². The van der Waals surface area contributed by atoms with Gasteiger partial charge in [-0.05, 0) is 62.8 Å². The Kier molecular flexibility index (Phi) is 4.64. The third-order valence-electron chi connectivity index (χ3n) is 5.61. The Morgan fingerprint density at radius 1 is 1.12 bits per heavy atom. The molecule has 134 valence electrons. The van der Waals surface area contributed by atoms with Gasteiger partial charge in [0.05, 0.1) is 12.7 Å². The van der Waals surface area contributed by atoms with E-state index in [1.165, 1.54) is 16.7 Å². The molecular formula is C19H28O5. The number of aliphatic hydroxyl groups excluding tert-OH is 3. The van der Waals surface area contributed by atoms with Crippen LogP contribution in [0.4, 0.5) is 0 Å². The summed E-state index contributed by atoms with van der Waals surface area (Å²) in [6.45, 7) is 8.34. The summed E-state index contributed by atoms with van der Waals surface area (Å²) in [6.07, 6.45) is -1.62. The van der Waals surface area contributed by atoms with E-state index in [9.17, 15) is 15.3 Å². The number of hydrogen-bond acceptors (Lipinski definition) is 5. The first-order chi connectivity index (χ1) is 11.2. The van der Waals surface area contributed by atoms with Crippen LogP contribution in [0.25, 0.3) is 0 Å². The SMILES string of the molecule is Cc1cc(C)c2c(c1C)OC(C)(C[C@@H]1OC[C@@H](O)[C@H](O)[C@H]1O)CC2. The molecule has 5 nitrogen and oxygen atoms in total. The Balaban J connectivity index is 1.81. The van der Waals surface area contributed by atoms with E-state index in [0.717, 1.165) is 24.2 Å². The van der Waals surface area contributed by atoms with Crippen LogP contribution < -0.4 is 4.74 Å². The van der Waals surface area contributed by atoms with Gasteiger partial charge in [-0.1, -0.05) is 6.07 Å². The standard InChI is InChI=1S/C19H28O5/c1-10-7-11(2)13-5-6-19(4,24-18(13)12(10)3)8-15-17(22)16(21)14(20)9-23-15/h7,14-17,20-22H,5-6,8-9H2,1-4H3/t14-,15+,16+,17+,19?/m1/s1. The van der Waals surface area contributed by atoms with Crippen LogP contribution in [0.3, 0.4) is 0 Å². The maximum absolute atomic E-state index is 10.2. The van der Waals surface area contributed by atoms with Crippen molar-refractivity contribution in [3.63, 3.8) is 0 Å². The number of ether oxygens (including phenoxy) is 2. The van der Waals surface area contributed by atoms with Gasteiger partial charge >= 0.3 is 0 Å². The van der Waals surface area contributed by atoms with Crippen LogP contribution >= 0.6 is 0 Å². The van der Waals surface area contributed by atoms with Gasteiger partial charge in [-0.15, -0.1) is 0 Å². The zero-order valence-corrected chi connectivity index (χ0v) is 14.9. The van der Waals surface area contributed by atoms with E-state index in [1.807, 2.05) is 6.92 Å². The summed E-state index contributed by atoms with van der Waals surface area (Å²) in [5.74, 6) is 0.951. The molecule has 24 heavy (non-hydrogen) atoms. The summed E-state index contributed by atoms with van der Waals surface area (Å²) in [4.78, 5) is 0. The molecule has 3 rings (SSSR count). The number of aliphatic hydroxyl groups is 3. The quantitative estimate of drug-likeness (QED) is 0.764. The molecule has 1 aromatic rings. The number of aryl methyl sites for hydroxylation is 2. The molecule has 2 heterocycles. The molecule has 1 fully saturated rings. The van der Waals surface area contributed by atoms with Crippen molar-refractivity contribution >= 4 is 0 Å². The normalized spacial score (nSPS) is 36.1. The fourth-order valence-corrected chi connectivity index (χ4v) is 3.86. The monoisotopic (exact) mass is 336 g/mol. The van der Waals surface area contributed by atoms with Crippen molar-refractivity contribution in [1.29, 1.82) is 0 Å². The Bertz CT molecular complexity index is 629. The van der Waals surface area contributed by atoms with Gasteiger partial charge in [0.2, 0.25) is 0 Å². The zero-order valence-electron chi connectivity index (χ0n) is 14.9. The Morgan fingerprint density at radius 2 is 1.83 bits per heavy atom. The van der Waals surface area contributed by atoms with E-state index in [-0.39, 0.29) is 6.61 Å². The number of benzene rings is 1. The van der Waals surface area contributed by atoms with E-state index in [4.69, 9.17) is 9.47 Å². The average Bonchev–Trinajstić information content (AvgIpc) is 2.53. The lowest BCUT2D eigenvalue weighted by atomic mass is 9.83. The lowest BCUT2D eigenvalue weighted by Gasteiger charge is -2.43. The third kappa shape index (κ3) is 3.06. The number of fused-ring (bicyclic) bond motifs is 1. The van der Waals surface area contributed by atoms with Gasteiger partial charge in [-0.25, -0.2) is 0 Å². The maximum Gasteiger partial charge on any atom is 0.126 e. The van der Waals surface area contributed by atoms with Gasteiger partial charge in [0.15, 0.2) is 0 Å². The Morgan fingerprint density at radius 3 is 2.54 bits per heavy atom. The molecule has 0 aliphatic carbocycles. The second kappa shape index (κ2) is 6.30. The largest absolute Gasteiger partial charge is 0.487 e. The van der Waals surface area contributed by atoms with Gasteiger partial charge < -0.3 is 24.8 Å². The van der Waals surface area contributed by atoms with Crippen molar-refractivity contribution in [2.75, 3.05) is 6.61 Å². The first-order valence-corrected chi connectivity index (χ1v) is 8.66. The van der Waals surface area contributed by atoms with Gasteiger partial charge in [0, 0.05) is 6.42 Å². The lowest BCUT2D eigenvalue weighted by molar-refractivity contribution is -0.198. The summed E-state index contributed by atoms with van der Waals surface area (Å²) in [7, 11) is 0. The molecule has 0 bridgehead atoms. The molecule has 5 atom stereocenters. The van der Waals surface area contributed by atoms with Crippen LogP contribution in [-0.2, 0) is 11.2 Å². The minimum atomic E-state index is -1.17. The van der Waals surface area contributed by atoms with Crippen molar-refractivity contribution in [2.45, 2.75) is 77.0 Å². The summed E-state index contributed by atoms with van der Waals surface area (Å²) >= 11 is 0. The van der Waals surface area contributed by atoms with E-state index < -0.39 is 30.0 Å². The average molecular weight is 336 g/mol. The fourth-order valence-electron chi connectivity index (χ4n) is 3.86. The Labute approximate surface area is 143 Å². The van der Waals surface area contributed by atoms with Gasteiger partial charge in [0.25, 0.3) is 0 Å². The molecule has 3 N–H and O–H groups in total. The molecule has 0 saturated carbocycles. The van der Waals surface area contributed by atoms with E-state index in [2.05, 4.69) is 26.8 Å². The van der Waals surface area contributed by atoms with Gasteiger partial charge in [-0.3, -0.25) is 0 Å². The van der Waals surface area contributed by atoms with Gasteiger partial charge in [0.1, 0.15) is 29.7 Å². The van der Waals surface area contributed by atoms with Crippen molar-refractivity contribution in [3.05, 3.63) is 28.3 Å². The molecule has 2 aliphatic rings. The highest BCUT2D eigenvalue weighted by molar-refractivity contribution is 5.51. The molecule has 1 saturated heterocycles. The summed E-state index contributed by atoms with van der Waals surface area (Å²) in [5, 5.41) is 29.7. The van der Waals surface area contributed by atoms with E-state index in [0.29, 0.717) is 6.42 Å². The molecule has 1 aromatic carbocycles. The minimum Gasteiger partial charge on any atom is -0.487 e. The zero-order chi connectivity index (χ0) is 17.6. The molecule has 0 aromatic heterocycles. The molecular weight excluding hydrogens is 308 g/mol. The van der Waals surface area contributed by atoms with Crippen molar-refractivity contribution in [3.8, 4) is 5.75 Å². The van der Waals surface area contributed by atoms with Crippen LogP contribution in [0, 0.1) is 20.8 Å². The van der Waals surface area contributed by atoms with Crippen LogP contribution in [0.1, 0.15) is 42.0 Å². The minimum absolute atomic E-state index is 0.0345. The first-order valence-electron chi connectivity index (χ1n) is 8.66. The van der Waals surface area contributed by atoms with E-state index >= 15 is 0 Å². The Hall–Kier alpha value is -1.14. The third-order valence-corrected chi connectivity index (χ3v) is 5.61. The second-order valence-electron chi connectivity index (χ2n) is 7.62. The fraction of sp³-hybridized carbons (Fsp3) is 0.684. The predicted octanol–water partition coefficient (Wildman–Crippen LogP) is 1.57. The molecule has 0 spiro atoms. The smallest absolute Gasteiger partial charge is 0.126 e. The van der Waals surface area contributed by atoms with Crippen LogP contribution in [-0.4, -0.2) is 51.9 Å². The van der Waals surface area contributed by atoms with Crippen molar-refractivity contribution < 1.29 is 24.8 Å². The second-order valence-corrected chi connectivity index (χ2v) is 7.62. The molecule has 0 radical (unpaired) electrons.